The van der Waals surface area contributed by atoms with E-state index in [1.165, 1.54) is 0 Å². The Morgan fingerprint density at radius 3 is 2.45 bits per heavy atom. The lowest BCUT2D eigenvalue weighted by Gasteiger charge is -2.35. The van der Waals surface area contributed by atoms with Crippen molar-refractivity contribution in [3.63, 3.8) is 0 Å². The van der Waals surface area contributed by atoms with Crippen LogP contribution < -0.4 is 4.90 Å². The highest BCUT2D eigenvalue weighted by Gasteiger charge is 2.25. The third-order valence-electron chi connectivity index (χ3n) is 3.91. The molecule has 0 bridgehead atoms. The van der Waals surface area contributed by atoms with E-state index in [1.807, 2.05) is 30.9 Å². The lowest BCUT2D eigenvalue weighted by molar-refractivity contribution is 0.0736. The van der Waals surface area contributed by atoms with Gasteiger partial charge >= 0.3 is 0 Å². The van der Waals surface area contributed by atoms with Gasteiger partial charge in [-0.1, -0.05) is 19.0 Å². The van der Waals surface area contributed by atoms with Gasteiger partial charge < -0.3 is 14.3 Å². The quantitative estimate of drug-likeness (QED) is 0.869. The zero-order valence-electron chi connectivity index (χ0n) is 12.9. The van der Waals surface area contributed by atoms with Crippen molar-refractivity contribution < 1.29 is 9.32 Å². The Hall–Kier alpha value is -2.37. The number of carbonyl (C=O) groups is 1. The molecule has 0 aliphatic carbocycles. The summed E-state index contributed by atoms with van der Waals surface area (Å²) in [7, 11) is 0. The van der Waals surface area contributed by atoms with E-state index >= 15 is 0 Å². The molecular formula is C16H20N4O2. The van der Waals surface area contributed by atoms with Gasteiger partial charge in [0.2, 0.25) is 0 Å². The van der Waals surface area contributed by atoms with Crippen molar-refractivity contribution in [2.75, 3.05) is 31.1 Å². The molecule has 2 aromatic heterocycles. The van der Waals surface area contributed by atoms with Gasteiger partial charge in [-0.3, -0.25) is 9.78 Å². The first-order valence-electron chi connectivity index (χ1n) is 7.56. The predicted octanol–water partition coefficient (Wildman–Crippen LogP) is 2.16. The molecule has 3 heterocycles. The Balaban J connectivity index is 1.62. The van der Waals surface area contributed by atoms with E-state index in [4.69, 9.17) is 4.52 Å². The van der Waals surface area contributed by atoms with E-state index in [2.05, 4.69) is 15.0 Å². The van der Waals surface area contributed by atoms with E-state index < -0.39 is 0 Å². The number of aromatic nitrogens is 2. The Bertz CT molecular complexity index is 631. The first kappa shape index (κ1) is 14.6. The molecule has 6 heteroatoms. The molecule has 0 radical (unpaired) electrons. The molecule has 1 aliphatic heterocycles. The summed E-state index contributed by atoms with van der Waals surface area (Å²) < 4.78 is 5.21. The summed E-state index contributed by atoms with van der Waals surface area (Å²) in [5.41, 5.74) is 1.55. The second kappa shape index (κ2) is 6.17. The lowest BCUT2D eigenvalue weighted by atomic mass is 10.1. The summed E-state index contributed by atoms with van der Waals surface area (Å²) in [6.07, 6.45) is 3.57. The first-order chi connectivity index (χ1) is 10.6. The number of rotatable bonds is 3. The van der Waals surface area contributed by atoms with Gasteiger partial charge in [0.1, 0.15) is 5.76 Å². The summed E-state index contributed by atoms with van der Waals surface area (Å²) in [6.45, 7) is 7.02. The van der Waals surface area contributed by atoms with Gasteiger partial charge in [0.05, 0.1) is 0 Å². The molecule has 3 rings (SSSR count). The van der Waals surface area contributed by atoms with Gasteiger partial charge in [-0.05, 0) is 12.1 Å². The number of carbonyl (C=O) groups excluding carboxylic acids is 1. The Morgan fingerprint density at radius 2 is 1.86 bits per heavy atom. The predicted molar refractivity (Wildman–Crippen MR) is 82.9 cm³/mol. The van der Waals surface area contributed by atoms with Crippen LogP contribution in [-0.4, -0.2) is 47.1 Å². The van der Waals surface area contributed by atoms with Crippen LogP contribution in [0.4, 0.5) is 5.69 Å². The number of pyridine rings is 1. The number of anilines is 1. The van der Waals surface area contributed by atoms with Gasteiger partial charge in [0.15, 0.2) is 5.69 Å². The van der Waals surface area contributed by atoms with Crippen LogP contribution in [0.25, 0.3) is 0 Å². The van der Waals surface area contributed by atoms with Crippen LogP contribution in [0.1, 0.15) is 36.0 Å². The smallest absolute Gasteiger partial charge is 0.276 e. The van der Waals surface area contributed by atoms with E-state index in [0.717, 1.165) is 24.5 Å². The molecule has 0 aromatic carbocycles. The fraction of sp³-hybridized carbons (Fsp3) is 0.438. The fourth-order valence-electron chi connectivity index (χ4n) is 2.55. The summed E-state index contributed by atoms with van der Waals surface area (Å²) in [5.74, 6) is 0.932. The monoisotopic (exact) mass is 300 g/mol. The van der Waals surface area contributed by atoms with Crippen LogP contribution in [-0.2, 0) is 0 Å². The average molecular weight is 300 g/mol. The van der Waals surface area contributed by atoms with Crippen LogP contribution in [0.3, 0.4) is 0 Å². The molecule has 0 N–H and O–H groups in total. The van der Waals surface area contributed by atoms with Crippen molar-refractivity contribution in [1.82, 2.24) is 15.0 Å². The first-order valence-corrected chi connectivity index (χ1v) is 7.56. The standard InChI is InChI=1S/C16H20N4O2/c1-12(2)15-11-14(18-22-15)16(21)20-9-7-19(8-10-20)13-3-5-17-6-4-13/h3-6,11-12H,7-10H2,1-2H3. The van der Waals surface area contributed by atoms with Gasteiger partial charge in [-0.15, -0.1) is 0 Å². The highest BCUT2D eigenvalue weighted by molar-refractivity contribution is 5.92. The van der Waals surface area contributed by atoms with Crippen molar-refractivity contribution in [3.8, 4) is 0 Å². The van der Waals surface area contributed by atoms with Crippen molar-refractivity contribution in [2.45, 2.75) is 19.8 Å². The maximum atomic E-state index is 12.5. The lowest BCUT2D eigenvalue weighted by Crippen LogP contribution is -2.48. The maximum absolute atomic E-state index is 12.5. The minimum absolute atomic E-state index is 0.0509. The summed E-state index contributed by atoms with van der Waals surface area (Å²) in [6, 6.07) is 5.73. The number of hydrogen-bond donors (Lipinski definition) is 0. The molecule has 0 atom stereocenters. The van der Waals surface area contributed by atoms with Crippen molar-refractivity contribution in [2.24, 2.45) is 0 Å². The van der Waals surface area contributed by atoms with Crippen LogP contribution in [0, 0.1) is 0 Å². The van der Waals surface area contributed by atoms with Crippen LogP contribution >= 0.6 is 0 Å². The highest BCUT2D eigenvalue weighted by atomic mass is 16.5. The van der Waals surface area contributed by atoms with Gasteiger partial charge in [-0.2, -0.15) is 0 Å². The minimum Gasteiger partial charge on any atom is -0.368 e. The van der Waals surface area contributed by atoms with Gasteiger partial charge in [0, 0.05) is 56.2 Å². The van der Waals surface area contributed by atoms with Crippen LogP contribution in [0.2, 0.25) is 0 Å². The molecule has 2 aromatic rings. The molecule has 1 fully saturated rings. The third kappa shape index (κ3) is 2.95. The van der Waals surface area contributed by atoms with E-state index in [1.54, 1.807) is 18.5 Å². The van der Waals surface area contributed by atoms with Crippen molar-refractivity contribution >= 4 is 11.6 Å². The molecular weight excluding hydrogens is 280 g/mol. The van der Waals surface area contributed by atoms with Crippen molar-refractivity contribution in [1.29, 1.82) is 0 Å². The van der Waals surface area contributed by atoms with Crippen molar-refractivity contribution in [3.05, 3.63) is 42.0 Å². The number of piperazine rings is 1. The molecule has 1 amide bonds. The normalized spacial score (nSPS) is 15.4. The summed E-state index contributed by atoms with van der Waals surface area (Å²) >= 11 is 0. The molecule has 0 spiro atoms. The molecule has 6 nitrogen and oxygen atoms in total. The summed E-state index contributed by atoms with van der Waals surface area (Å²) in [5, 5.41) is 3.90. The molecule has 22 heavy (non-hydrogen) atoms. The largest absolute Gasteiger partial charge is 0.368 e. The zero-order chi connectivity index (χ0) is 15.5. The third-order valence-corrected chi connectivity index (χ3v) is 3.91. The number of amides is 1. The van der Waals surface area contributed by atoms with Crippen LogP contribution in [0.5, 0.6) is 0 Å². The molecule has 0 unspecified atom stereocenters. The molecule has 1 saturated heterocycles. The molecule has 116 valence electrons. The van der Waals surface area contributed by atoms with E-state index in [9.17, 15) is 4.79 Å². The minimum atomic E-state index is -0.0509. The summed E-state index contributed by atoms with van der Waals surface area (Å²) in [4.78, 5) is 20.6. The zero-order valence-corrected chi connectivity index (χ0v) is 12.9. The van der Waals surface area contributed by atoms with E-state index in [-0.39, 0.29) is 11.8 Å². The maximum Gasteiger partial charge on any atom is 0.276 e. The highest BCUT2D eigenvalue weighted by Crippen LogP contribution is 2.18. The topological polar surface area (TPSA) is 62.5 Å². The Labute approximate surface area is 129 Å². The number of nitrogens with zero attached hydrogens (tertiary/aromatic N) is 4. The SMILES string of the molecule is CC(C)c1cc(C(=O)N2CCN(c3ccncc3)CC2)no1. The average Bonchev–Trinajstić information content (AvgIpc) is 3.05. The molecule has 1 aliphatic rings. The Kier molecular flexibility index (Phi) is 4.09. The number of hydrogen-bond acceptors (Lipinski definition) is 5. The fourth-order valence-corrected chi connectivity index (χ4v) is 2.55. The Morgan fingerprint density at radius 1 is 1.18 bits per heavy atom. The van der Waals surface area contributed by atoms with Gasteiger partial charge in [0.25, 0.3) is 5.91 Å². The van der Waals surface area contributed by atoms with Crippen LogP contribution in [0.15, 0.2) is 35.1 Å². The van der Waals surface area contributed by atoms with Gasteiger partial charge in [-0.25, -0.2) is 0 Å². The van der Waals surface area contributed by atoms with E-state index in [0.29, 0.717) is 18.8 Å². The molecule has 0 saturated carbocycles. The second-order valence-electron chi connectivity index (χ2n) is 5.75. The second-order valence-corrected chi connectivity index (χ2v) is 5.75.